The molecule has 0 aliphatic heterocycles. The minimum Gasteiger partial charge on any atom is -0.348 e. The van der Waals surface area contributed by atoms with Crippen LogP contribution in [0.25, 0.3) is 0 Å². The van der Waals surface area contributed by atoms with E-state index in [1.807, 2.05) is 17.9 Å². The summed E-state index contributed by atoms with van der Waals surface area (Å²) in [6, 6.07) is 0.0751. The Kier molecular flexibility index (Phi) is 3.19. The van der Waals surface area contributed by atoms with Crippen LogP contribution in [0.2, 0.25) is 0 Å². The molecular formula is C11H16ClN3O. The predicted octanol–water partition coefficient (Wildman–Crippen LogP) is 1.54. The molecule has 1 amide bonds. The number of alkyl halides is 1. The van der Waals surface area contributed by atoms with Crippen molar-refractivity contribution in [3.05, 3.63) is 17.5 Å². The summed E-state index contributed by atoms with van der Waals surface area (Å²) in [5.74, 6) is -0.108. The standard InChI is InChI=1S/C11H16ClN3O/c1-7(12)11(16)14-9-4-3-5-10-8(9)6-13-15(10)2/h6-7,9H,3-5H2,1-2H3,(H,14,16). The highest BCUT2D eigenvalue weighted by molar-refractivity contribution is 6.30. The molecule has 1 aliphatic carbocycles. The van der Waals surface area contributed by atoms with Crippen molar-refractivity contribution < 1.29 is 4.79 Å². The summed E-state index contributed by atoms with van der Waals surface area (Å²) < 4.78 is 1.89. The van der Waals surface area contributed by atoms with E-state index in [2.05, 4.69) is 10.4 Å². The molecular weight excluding hydrogens is 226 g/mol. The van der Waals surface area contributed by atoms with Gasteiger partial charge in [-0.2, -0.15) is 5.10 Å². The number of hydrogen-bond donors (Lipinski definition) is 1. The molecule has 0 saturated carbocycles. The molecule has 0 fully saturated rings. The van der Waals surface area contributed by atoms with Crippen molar-refractivity contribution in [2.75, 3.05) is 0 Å². The van der Waals surface area contributed by atoms with Gasteiger partial charge in [0, 0.05) is 18.3 Å². The maximum Gasteiger partial charge on any atom is 0.238 e. The van der Waals surface area contributed by atoms with Crippen LogP contribution in [-0.2, 0) is 18.3 Å². The number of nitrogens with zero attached hydrogens (tertiary/aromatic N) is 2. The minimum atomic E-state index is -0.484. The van der Waals surface area contributed by atoms with Crippen molar-refractivity contribution in [2.45, 2.75) is 37.6 Å². The number of carbonyl (C=O) groups excluding carboxylic acids is 1. The maximum atomic E-state index is 11.6. The molecule has 1 aromatic heterocycles. The normalized spacial score (nSPS) is 21.3. The topological polar surface area (TPSA) is 46.9 Å². The van der Waals surface area contributed by atoms with Crippen LogP contribution >= 0.6 is 11.6 Å². The van der Waals surface area contributed by atoms with Crippen molar-refractivity contribution in [2.24, 2.45) is 7.05 Å². The fourth-order valence-electron chi connectivity index (χ4n) is 2.14. The predicted molar refractivity (Wildman–Crippen MR) is 62.3 cm³/mol. The van der Waals surface area contributed by atoms with Crippen LogP contribution in [0, 0.1) is 0 Å². The van der Waals surface area contributed by atoms with E-state index in [-0.39, 0.29) is 11.9 Å². The molecule has 1 N–H and O–H groups in total. The summed E-state index contributed by atoms with van der Waals surface area (Å²) in [6.07, 6.45) is 4.93. The van der Waals surface area contributed by atoms with Gasteiger partial charge in [-0.25, -0.2) is 0 Å². The molecule has 4 nitrogen and oxygen atoms in total. The molecule has 2 rings (SSSR count). The van der Waals surface area contributed by atoms with E-state index in [0.717, 1.165) is 24.8 Å². The molecule has 16 heavy (non-hydrogen) atoms. The Morgan fingerprint density at radius 1 is 1.75 bits per heavy atom. The molecule has 1 aromatic rings. The lowest BCUT2D eigenvalue weighted by Crippen LogP contribution is -2.35. The molecule has 0 spiro atoms. The van der Waals surface area contributed by atoms with Gasteiger partial charge in [0.25, 0.3) is 0 Å². The molecule has 2 unspecified atom stereocenters. The Balaban J connectivity index is 2.16. The van der Waals surface area contributed by atoms with E-state index in [9.17, 15) is 4.79 Å². The minimum absolute atomic E-state index is 0.0751. The molecule has 1 aliphatic rings. The quantitative estimate of drug-likeness (QED) is 0.799. The average Bonchev–Trinajstić information content (AvgIpc) is 2.62. The van der Waals surface area contributed by atoms with Gasteiger partial charge in [0.15, 0.2) is 0 Å². The highest BCUT2D eigenvalue weighted by Crippen LogP contribution is 2.29. The lowest BCUT2D eigenvalue weighted by atomic mass is 9.93. The first kappa shape index (κ1) is 11.5. The van der Waals surface area contributed by atoms with Gasteiger partial charge in [0.1, 0.15) is 5.38 Å². The Labute approximate surface area is 100.0 Å². The molecule has 1 heterocycles. The van der Waals surface area contributed by atoms with E-state index < -0.39 is 5.38 Å². The third kappa shape index (κ3) is 2.07. The second kappa shape index (κ2) is 4.45. The number of fused-ring (bicyclic) bond motifs is 1. The zero-order valence-electron chi connectivity index (χ0n) is 9.53. The Hall–Kier alpha value is -1.03. The summed E-state index contributed by atoms with van der Waals surface area (Å²) in [5.41, 5.74) is 2.36. The number of hydrogen-bond acceptors (Lipinski definition) is 2. The van der Waals surface area contributed by atoms with E-state index in [1.165, 1.54) is 5.69 Å². The van der Waals surface area contributed by atoms with Gasteiger partial charge in [0.2, 0.25) is 5.91 Å². The third-order valence-electron chi connectivity index (χ3n) is 3.05. The summed E-state index contributed by atoms with van der Waals surface area (Å²) in [5, 5.41) is 6.71. The van der Waals surface area contributed by atoms with Gasteiger partial charge < -0.3 is 5.32 Å². The highest BCUT2D eigenvalue weighted by atomic mass is 35.5. The number of carbonyl (C=O) groups is 1. The molecule has 2 atom stereocenters. The largest absolute Gasteiger partial charge is 0.348 e. The number of aromatic nitrogens is 2. The molecule has 0 radical (unpaired) electrons. The van der Waals surface area contributed by atoms with Crippen LogP contribution in [0.15, 0.2) is 6.20 Å². The van der Waals surface area contributed by atoms with Crippen molar-refractivity contribution in [3.63, 3.8) is 0 Å². The number of rotatable bonds is 2. The molecule has 0 saturated heterocycles. The Morgan fingerprint density at radius 2 is 2.50 bits per heavy atom. The van der Waals surface area contributed by atoms with Gasteiger partial charge in [0.05, 0.1) is 12.2 Å². The van der Waals surface area contributed by atoms with Crippen LogP contribution in [0.5, 0.6) is 0 Å². The van der Waals surface area contributed by atoms with Crippen LogP contribution in [-0.4, -0.2) is 21.1 Å². The molecule has 5 heteroatoms. The van der Waals surface area contributed by atoms with Gasteiger partial charge in [-0.1, -0.05) is 0 Å². The van der Waals surface area contributed by atoms with E-state index in [4.69, 9.17) is 11.6 Å². The molecule has 0 bridgehead atoms. The third-order valence-corrected chi connectivity index (χ3v) is 3.25. The SMILES string of the molecule is CC(Cl)C(=O)NC1CCCc2c1cnn2C. The highest BCUT2D eigenvalue weighted by Gasteiger charge is 2.25. The van der Waals surface area contributed by atoms with Crippen molar-refractivity contribution in [1.29, 1.82) is 0 Å². The number of amides is 1. The van der Waals surface area contributed by atoms with Crippen LogP contribution < -0.4 is 5.32 Å². The number of halogens is 1. The zero-order valence-corrected chi connectivity index (χ0v) is 10.3. The molecule has 88 valence electrons. The fourth-order valence-corrected chi connectivity index (χ4v) is 2.21. The summed E-state index contributed by atoms with van der Waals surface area (Å²) in [6.45, 7) is 1.68. The van der Waals surface area contributed by atoms with Crippen molar-refractivity contribution in [1.82, 2.24) is 15.1 Å². The van der Waals surface area contributed by atoms with Gasteiger partial charge in [-0.3, -0.25) is 9.48 Å². The first-order valence-corrected chi connectivity index (χ1v) is 5.98. The molecule has 0 aromatic carbocycles. The van der Waals surface area contributed by atoms with Crippen LogP contribution in [0.3, 0.4) is 0 Å². The number of aryl methyl sites for hydroxylation is 1. The van der Waals surface area contributed by atoms with Crippen LogP contribution in [0.4, 0.5) is 0 Å². The second-order valence-electron chi connectivity index (χ2n) is 4.24. The summed E-state index contributed by atoms with van der Waals surface area (Å²) in [4.78, 5) is 11.6. The Morgan fingerprint density at radius 3 is 3.19 bits per heavy atom. The monoisotopic (exact) mass is 241 g/mol. The average molecular weight is 242 g/mol. The van der Waals surface area contributed by atoms with E-state index in [0.29, 0.717) is 0 Å². The van der Waals surface area contributed by atoms with Gasteiger partial charge >= 0.3 is 0 Å². The summed E-state index contributed by atoms with van der Waals surface area (Å²) >= 11 is 5.75. The fraction of sp³-hybridized carbons (Fsp3) is 0.636. The van der Waals surface area contributed by atoms with Gasteiger partial charge in [-0.05, 0) is 26.2 Å². The lowest BCUT2D eigenvalue weighted by Gasteiger charge is -2.24. The first-order chi connectivity index (χ1) is 7.59. The van der Waals surface area contributed by atoms with Crippen molar-refractivity contribution in [3.8, 4) is 0 Å². The maximum absolute atomic E-state index is 11.6. The number of nitrogens with one attached hydrogen (secondary N) is 1. The van der Waals surface area contributed by atoms with E-state index in [1.54, 1.807) is 6.92 Å². The smallest absolute Gasteiger partial charge is 0.238 e. The van der Waals surface area contributed by atoms with E-state index >= 15 is 0 Å². The zero-order chi connectivity index (χ0) is 11.7. The van der Waals surface area contributed by atoms with Gasteiger partial charge in [-0.15, -0.1) is 11.6 Å². The summed E-state index contributed by atoms with van der Waals surface area (Å²) in [7, 11) is 1.94. The van der Waals surface area contributed by atoms with Crippen molar-refractivity contribution >= 4 is 17.5 Å². The Bertz CT molecular complexity index is 400. The second-order valence-corrected chi connectivity index (χ2v) is 4.89. The lowest BCUT2D eigenvalue weighted by molar-refractivity contribution is -0.121. The van der Waals surface area contributed by atoms with Crippen LogP contribution in [0.1, 0.15) is 37.1 Å². The first-order valence-electron chi connectivity index (χ1n) is 5.55.